The maximum Gasteiger partial charge on any atom is 0.231 e. The lowest BCUT2D eigenvalue weighted by atomic mass is 10.0. The first-order valence-electron chi connectivity index (χ1n) is 9.78. The molecular weight excluding hydrogens is 531 g/mol. The molecule has 1 aliphatic carbocycles. The number of amides is 1. The number of halogens is 6. The lowest BCUT2D eigenvalue weighted by Gasteiger charge is -2.09. The Labute approximate surface area is 214 Å². The van der Waals surface area contributed by atoms with E-state index in [0.29, 0.717) is 26.9 Å². The fraction of sp³-hybridized carbons (Fsp3) is 0.167. The van der Waals surface area contributed by atoms with Crippen molar-refractivity contribution in [3.63, 3.8) is 0 Å². The zero-order valence-corrected chi connectivity index (χ0v) is 20.5. The number of hydrogen-bond acceptors (Lipinski definition) is 2. The Balaban J connectivity index is 1.51. The van der Waals surface area contributed by atoms with Gasteiger partial charge in [-0.15, -0.1) is 23.2 Å². The van der Waals surface area contributed by atoms with Gasteiger partial charge in [-0.05, 0) is 59.7 Å². The van der Waals surface area contributed by atoms with Gasteiger partial charge in [0.2, 0.25) is 5.91 Å². The summed E-state index contributed by atoms with van der Waals surface area (Å²) in [4.78, 5) is 25.7. The SMILES string of the molecule is O=C(Cc1cccc(F)c1)c1cc(NC(=O)C2C(c3cc(Cl)cc(Cl)c3)C2(Cl)Cl)ccc1Cl. The van der Waals surface area contributed by atoms with E-state index in [1.807, 2.05) is 0 Å². The third-order valence-corrected chi connectivity index (χ3v) is 7.07. The van der Waals surface area contributed by atoms with Crippen LogP contribution in [0.5, 0.6) is 0 Å². The quantitative estimate of drug-likeness (QED) is 0.254. The Kier molecular flexibility index (Phi) is 6.95. The molecule has 3 aromatic rings. The van der Waals surface area contributed by atoms with E-state index in [2.05, 4.69) is 5.32 Å². The minimum absolute atomic E-state index is 0.0401. The van der Waals surface area contributed by atoms with Gasteiger partial charge >= 0.3 is 0 Å². The number of rotatable bonds is 6. The van der Waals surface area contributed by atoms with Crippen molar-refractivity contribution in [1.82, 2.24) is 0 Å². The molecule has 3 nitrogen and oxygen atoms in total. The largest absolute Gasteiger partial charge is 0.326 e. The molecule has 0 radical (unpaired) electrons. The molecule has 9 heteroatoms. The van der Waals surface area contributed by atoms with Crippen LogP contribution in [-0.2, 0) is 11.2 Å². The molecule has 1 fully saturated rings. The van der Waals surface area contributed by atoms with Crippen molar-refractivity contribution in [1.29, 1.82) is 0 Å². The first kappa shape index (κ1) is 24.3. The van der Waals surface area contributed by atoms with Crippen molar-refractivity contribution >= 4 is 75.4 Å². The predicted molar refractivity (Wildman–Crippen MR) is 132 cm³/mol. The minimum atomic E-state index is -1.33. The summed E-state index contributed by atoms with van der Waals surface area (Å²) >= 11 is 31.1. The van der Waals surface area contributed by atoms with Crippen LogP contribution in [0.4, 0.5) is 10.1 Å². The van der Waals surface area contributed by atoms with Crippen LogP contribution in [0.15, 0.2) is 60.7 Å². The molecule has 0 aliphatic heterocycles. The molecule has 4 rings (SSSR count). The highest BCUT2D eigenvalue weighted by atomic mass is 35.5. The maximum absolute atomic E-state index is 13.4. The molecule has 2 atom stereocenters. The van der Waals surface area contributed by atoms with Crippen molar-refractivity contribution in [3.05, 3.63) is 98.2 Å². The number of hydrogen-bond donors (Lipinski definition) is 1. The third kappa shape index (κ3) is 5.31. The number of Topliss-reactive ketones (excluding diaryl/α,β-unsaturated/α-hetero) is 1. The van der Waals surface area contributed by atoms with Crippen molar-refractivity contribution in [3.8, 4) is 0 Å². The Morgan fingerprint density at radius 1 is 0.939 bits per heavy atom. The van der Waals surface area contributed by atoms with E-state index in [1.54, 1.807) is 30.3 Å². The van der Waals surface area contributed by atoms with Gasteiger partial charge in [-0.2, -0.15) is 0 Å². The molecular formula is C24H15Cl5FNO2. The van der Waals surface area contributed by atoms with Gasteiger partial charge in [-0.1, -0.05) is 46.9 Å². The van der Waals surface area contributed by atoms with Crippen LogP contribution in [0, 0.1) is 11.7 Å². The molecule has 1 saturated carbocycles. The zero-order chi connectivity index (χ0) is 23.9. The van der Waals surface area contributed by atoms with Gasteiger partial charge in [-0.3, -0.25) is 9.59 Å². The molecule has 1 amide bonds. The van der Waals surface area contributed by atoms with Gasteiger partial charge in [0, 0.05) is 33.6 Å². The summed E-state index contributed by atoms with van der Waals surface area (Å²) in [6, 6.07) is 15.2. The highest BCUT2D eigenvalue weighted by molar-refractivity contribution is 6.53. The van der Waals surface area contributed by atoms with Crippen LogP contribution in [0.3, 0.4) is 0 Å². The van der Waals surface area contributed by atoms with Gasteiger partial charge in [0.05, 0.1) is 10.9 Å². The Morgan fingerprint density at radius 3 is 2.30 bits per heavy atom. The summed E-state index contributed by atoms with van der Waals surface area (Å²) < 4.78 is 12.1. The van der Waals surface area contributed by atoms with Crippen LogP contribution >= 0.6 is 58.0 Å². The maximum atomic E-state index is 13.4. The standard InChI is InChI=1S/C24H15Cl5FNO2/c25-14-8-13(9-15(26)10-14)21-22(24(21,28)29)23(33)31-17-4-5-19(27)18(11-17)20(32)7-12-2-1-3-16(30)6-12/h1-6,8-11,21-22H,7H2,(H,31,33). The smallest absolute Gasteiger partial charge is 0.231 e. The van der Waals surface area contributed by atoms with Gasteiger partial charge in [0.25, 0.3) is 0 Å². The molecule has 1 aliphatic rings. The lowest BCUT2D eigenvalue weighted by Crippen LogP contribution is -2.17. The zero-order valence-electron chi connectivity index (χ0n) is 16.7. The summed E-state index contributed by atoms with van der Waals surface area (Å²) in [5.74, 6) is -2.43. The fourth-order valence-electron chi connectivity index (χ4n) is 3.79. The molecule has 1 N–H and O–H groups in total. The van der Waals surface area contributed by atoms with E-state index in [4.69, 9.17) is 58.0 Å². The summed E-state index contributed by atoms with van der Waals surface area (Å²) in [7, 11) is 0. The van der Waals surface area contributed by atoms with Crippen LogP contribution in [0.2, 0.25) is 15.1 Å². The number of anilines is 1. The second-order valence-electron chi connectivity index (χ2n) is 7.75. The molecule has 2 unspecified atom stereocenters. The van der Waals surface area contributed by atoms with Gasteiger partial charge in [0.15, 0.2) is 5.78 Å². The van der Waals surface area contributed by atoms with Crippen molar-refractivity contribution < 1.29 is 14.0 Å². The number of benzene rings is 3. The number of carbonyl (C=O) groups is 2. The van der Waals surface area contributed by atoms with E-state index < -0.39 is 27.9 Å². The summed E-state index contributed by atoms with van der Waals surface area (Å²) in [6.45, 7) is 0. The van der Waals surface area contributed by atoms with E-state index in [-0.39, 0.29) is 22.8 Å². The Hall–Kier alpha value is -1.82. The first-order chi connectivity index (χ1) is 15.6. The van der Waals surface area contributed by atoms with Crippen LogP contribution in [-0.4, -0.2) is 16.0 Å². The van der Waals surface area contributed by atoms with Gasteiger partial charge in [0.1, 0.15) is 10.2 Å². The summed E-state index contributed by atoms with van der Waals surface area (Å²) in [6.07, 6.45) is -0.0401. The lowest BCUT2D eigenvalue weighted by molar-refractivity contribution is -0.117. The van der Waals surface area contributed by atoms with E-state index in [1.165, 1.54) is 30.3 Å². The number of carbonyl (C=O) groups excluding carboxylic acids is 2. The second kappa shape index (κ2) is 9.44. The first-order valence-corrected chi connectivity index (χ1v) is 11.7. The Bertz CT molecular complexity index is 1240. The van der Waals surface area contributed by atoms with Crippen molar-refractivity contribution in [2.75, 3.05) is 5.32 Å². The highest BCUT2D eigenvalue weighted by Gasteiger charge is 2.67. The number of nitrogens with one attached hydrogen (secondary N) is 1. The molecule has 33 heavy (non-hydrogen) atoms. The molecule has 0 bridgehead atoms. The second-order valence-corrected chi connectivity index (χ2v) is 10.5. The summed E-state index contributed by atoms with van der Waals surface area (Å²) in [5, 5.41) is 3.78. The summed E-state index contributed by atoms with van der Waals surface area (Å²) in [5.41, 5.74) is 1.72. The molecule has 0 aromatic heterocycles. The van der Waals surface area contributed by atoms with Gasteiger partial charge in [-0.25, -0.2) is 4.39 Å². The van der Waals surface area contributed by atoms with E-state index >= 15 is 0 Å². The van der Waals surface area contributed by atoms with Crippen LogP contribution < -0.4 is 5.32 Å². The normalized spacial score (nSPS) is 18.6. The van der Waals surface area contributed by atoms with Crippen LogP contribution in [0.25, 0.3) is 0 Å². The minimum Gasteiger partial charge on any atom is -0.326 e. The van der Waals surface area contributed by atoms with Crippen molar-refractivity contribution in [2.45, 2.75) is 16.7 Å². The average Bonchev–Trinajstić information content (AvgIpc) is 3.31. The predicted octanol–water partition coefficient (Wildman–Crippen LogP) is 7.74. The van der Waals surface area contributed by atoms with Crippen LogP contribution in [0.1, 0.15) is 27.4 Å². The third-order valence-electron chi connectivity index (χ3n) is 5.37. The van der Waals surface area contributed by atoms with E-state index in [9.17, 15) is 14.0 Å². The molecule has 0 saturated heterocycles. The van der Waals surface area contributed by atoms with E-state index in [0.717, 1.165) is 0 Å². The topological polar surface area (TPSA) is 46.2 Å². The average molecular weight is 546 g/mol. The number of ketones is 1. The molecule has 0 heterocycles. The Morgan fingerprint density at radius 2 is 1.64 bits per heavy atom. The number of alkyl halides is 2. The van der Waals surface area contributed by atoms with Crippen molar-refractivity contribution in [2.24, 2.45) is 5.92 Å². The highest BCUT2D eigenvalue weighted by Crippen LogP contribution is 2.65. The monoisotopic (exact) mass is 543 g/mol. The fourth-order valence-corrected chi connectivity index (χ4v) is 5.38. The molecule has 0 spiro atoms. The van der Waals surface area contributed by atoms with Gasteiger partial charge < -0.3 is 5.32 Å². The molecule has 170 valence electrons. The molecule has 3 aromatic carbocycles.